The average molecular weight is 359 g/mol. The quantitative estimate of drug-likeness (QED) is 0.704. The predicted molar refractivity (Wildman–Crippen MR) is 96.2 cm³/mol. The second-order valence-electron chi connectivity index (χ2n) is 4.84. The molecule has 0 aliphatic carbocycles. The van der Waals surface area contributed by atoms with Gasteiger partial charge in [-0.25, -0.2) is 9.97 Å². The van der Waals surface area contributed by atoms with Crippen LogP contribution in [-0.4, -0.2) is 15.9 Å². The van der Waals surface area contributed by atoms with Crippen LogP contribution in [0.2, 0.25) is 10.0 Å². The minimum absolute atomic E-state index is 0.247. The smallest absolute Gasteiger partial charge is 0.274 e. The molecule has 7 heteroatoms. The molecule has 5 nitrogen and oxygen atoms in total. The molecule has 0 spiro atoms. The van der Waals surface area contributed by atoms with Crippen molar-refractivity contribution >= 4 is 46.4 Å². The van der Waals surface area contributed by atoms with Gasteiger partial charge in [-0.15, -0.1) is 0 Å². The summed E-state index contributed by atoms with van der Waals surface area (Å²) in [5.41, 5.74) is 1.61. The summed E-state index contributed by atoms with van der Waals surface area (Å²) < 4.78 is 0. The summed E-state index contributed by atoms with van der Waals surface area (Å²) in [5.74, 6) is -0.0325. The molecule has 0 unspecified atom stereocenters. The summed E-state index contributed by atoms with van der Waals surface area (Å²) in [5, 5.41) is 6.63. The van der Waals surface area contributed by atoms with Crippen LogP contribution in [0.3, 0.4) is 0 Å². The minimum Gasteiger partial charge on any atom is -0.324 e. The van der Waals surface area contributed by atoms with Gasteiger partial charge in [0, 0.05) is 17.6 Å². The molecular formula is C17H12Cl2N4O. The van der Waals surface area contributed by atoms with E-state index in [1.165, 1.54) is 12.3 Å². The van der Waals surface area contributed by atoms with Gasteiger partial charge in [0.25, 0.3) is 5.91 Å². The fraction of sp³-hybridized carbons (Fsp3) is 0. The molecule has 0 aliphatic rings. The maximum Gasteiger partial charge on any atom is 0.274 e. The van der Waals surface area contributed by atoms with E-state index in [4.69, 9.17) is 23.2 Å². The SMILES string of the molecule is O=C(Nc1ccccc1)c1ccnc(Nc2ccc(Cl)c(Cl)c2)n1. The van der Waals surface area contributed by atoms with Crippen LogP contribution in [0, 0.1) is 0 Å². The lowest BCUT2D eigenvalue weighted by atomic mass is 10.3. The van der Waals surface area contributed by atoms with E-state index in [-0.39, 0.29) is 17.5 Å². The van der Waals surface area contributed by atoms with Crippen molar-refractivity contribution in [3.63, 3.8) is 0 Å². The maximum atomic E-state index is 12.2. The zero-order chi connectivity index (χ0) is 16.9. The molecule has 3 aromatic rings. The first kappa shape index (κ1) is 16.2. The van der Waals surface area contributed by atoms with E-state index >= 15 is 0 Å². The lowest BCUT2D eigenvalue weighted by Gasteiger charge is -2.08. The fourth-order valence-electron chi connectivity index (χ4n) is 1.96. The van der Waals surface area contributed by atoms with Crippen LogP contribution in [0.4, 0.5) is 17.3 Å². The molecule has 0 saturated heterocycles. The van der Waals surface area contributed by atoms with Gasteiger partial charge >= 0.3 is 0 Å². The maximum absolute atomic E-state index is 12.2. The number of halogens is 2. The normalized spacial score (nSPS) is 10.2. The number of rotatable bonds is 4. The van der Waals surface area contributed by atoms with Gasteiger partial charge in [0.05, 0.1) is 10.0 Å². The Hall–Kier alpha value is -2.63. The highest BCUT2D eigenvalue weighted by molar-refractivity contribution is 6.42. The molecule has 3 rings (SSSR count). The molecule has 2 N–H and O–H groups in total. The van der Waals surface area contributed by atoms with Gasteiger partial charge in [0.15, 0.2) is 0 Å². The van der Waals surface area contributed by atoms with Crippen LogP contribution >= 0.6 is 23.2 Å². The molecule has 1 aromatic heterocycles. The molecule has 0 bridgehead atoms. The van der Waals surface area contributed by atoms with Crippen molar-refractivity contribution in [2.24, 2.45) is 0 Å². The van der Waals surface area contributed by atoms with Crippen LogP contribution in [0.1, 0.15) is 10.5 Å². The number of anilines is 3. The van der Waals surface area contributed by atoms with Crippen molar-refractivity contribution in [3.8, 4) is 0 Å². The first-order chi connectivity index (χ1) is 11.6. The first-order valence-corrected chi connectivity index (χ1v) is 7.79. The fourth-order valence-corrected chi connectivity index (χ4v) is 2.26. The molecule has 0 atom stereocenters. The zero-order valence-electron chi connectivity index (χ0n) is 12.3. The van der Waals surface area contributed by atoms with Gasteiger partial charge in [-0.05, 0) is 36.4 Å². The van der Waals surface area contributed by atoms with Gasteiger partial charge in [-0.3, -0.25) is 4.79 Å². The third kappa shape index (κ3) is 4.01. The Bertz CT molecular complexity index is 871. The van der Waals surface area contributed by atoms with E-state index in [1.807, 2.05) is 18.2 Å². The lowest BCUT2D eigenvalue weighted by molar-refractivity contribution is 0.102. The van der Waals surface area contributed by atoms with Gasteiger partial charge < -0.3 is 10.6 Å². The van der Waals surface area contributed by atoms with Crippen LogP contribution in [0.15, 0.2) is 60.8 Å². The average Bonchev–Trinajstić information content (AvgIpc) is 2.59. The number of para-hydroxylation sites is 1. The van der Waals surface area contributed by atoms with Crippen molar-refractivity contribution in [1.82, 2.24) is 9.97 Å². The molecule has 0 saturated carbocycles. The molecule has 0 radical (unpaired) electrons. The van der Waals surface area contributed by atoms with E-state index in [0.717, 1.165) is 0 Å². The predicted octanol–water partition coefficient (Wildman–Crippen LogP) is 4.78. The number of aromatic nitrogens is 2. The summed E-state index contributed by atoms with van der Waals surface area (Å²) in [6.45, 7) is 0. The number of amides is 1. The van der Waals surface area contributed by atoms with E-state index in [2.05, 4.69) is 20.6 Å². The summed E-state index contributed by atoms with van der Waals surface area (Å²) in [4.78, 5) is 20.6. The zero-order valence-corrected chi connectivity index (χ0v) is 13.8. The highest BCUT2D eigenvalue weighted by Gasteiger charge is 2.09. The van der Waals surface area contributed by atoms with Gasteiger partial charge in [0.1, 0.15) is 5.69 Å². The van der Waals surface area contributed by atoms with Gasteiger partial charge in [-0.1, -0.05) is 41.4 Å². The number of hydrogen-bond acceptors (Lipinski definition) is 4. The Kier molecular flexibility index (Phi) is 4.93. The highest BCUT2D eigenvalue weighted by atomic mass is 35.5. The summed E-state index contributed by atoms with van der Waals surface area (Å²) in [6.07, 6.45) is 1.51. The van der Waals surface area contributed by atoms with E-state index in [9.17, 15) is 4.79 Å². The largest absolute Gasteiger partial charge is 0.324 e. The molecule has 1 amide bonds. The van der Waals surface area contributed by atoms with Crippen molar-refractivity contribution in [3.05, 3.63) is 76.5 Å². The first-order valence-electron chi connectivity index (χ1n) is 7.03. The molecular weight excluding hydrogens is 347 g/mol. The van der Waals surface area contributed by atoms with Crippen LogP contribution in [0.25, 0.3) is 0 Å². The molecule has 0 aliphatic heterocycles. The molecule has 24 heavy (non-hydrogen) atoms. The lowest BCUT2D eigenvalue weighted by Crippen LogP contribution is -2.14. The van der Waals surface area contributed by atoms with Crippen LogP contribution < -0.4 is 10.6 Å². The number of nitrogens with one attached hydrogen (secondary N) is 2. The number of hydrogen-bond donors (Lipinski definition) is 2. The van der Waals surface area contributed by atoms with Crippen LogP contribution in [-0.2, 0) is 0 Å². The number of nitrogens with zero attached hydrogens (tertiary/aromatic N) is 2. The third-order valence-corrected chi connectivity index (χ3v) is 3.83. The minimum atomic E-state index is -0.319. The third-order valence-electron chi connectivity index (χ3n) is 3.10. The second kappa shape index (κ2) is 7.29. The second-order valence-corrected chi connectivity index (χ2v) is 5.65. The van der Waals surface area contributed by atoms with Crippen LogP contribution in [0.5, 0.6) is 0 Å². The van der Waals surface area contributed by atoms with Crippen molar-refractivity contribution in [2.45, 2.75) is 0 Å². The summed E-state index contributed by atoms with van der Waals surface area (Å²) in [6, 6.07) is 15.8. The van der Waals surface area contributed by atoms with Gasteiger partial charge in [-0.2, -0.15) is 0 Å². The van der Waals surface area contributed by atoms with Crippen molar-refractivity contribution in [2.75, 3.05) is 10.6 Å². The molecule has 1 heterocycles. The Morgan fingerprint density at radius 2 is 1.71 bits per heavy atom. The Morgan fingerprint density at radius 3 is 2.46 bits per heavy atom. The van der Waals surface area contributed by atoms with E-state index < -0.39 is 0 Å². The number of carbonyl (C=O) groups excluding carboxylic acids is 1. The van der Waals surface area contributed by atoms with Crippen molar-refractivity contribution < 1.29 is 4.79 Å². The summed E-state index contributed by atoms with van der Waals surface area (Å²) >= 11 is 11.9. The Labute approximate surface area is 148 Å². The topological polar surface area (TPSA) is 66.9 Å². The number of benzene rings is 2. The van der Waals surface area contributed by atoms with E-state index in [1.54, 1.807) is 30.3 Å². The highest BCUT2D eigenvalue weighted by Crippen LogP contribution is 2.26. The van der Waals surface area contributed by atoms with Crippen molar-refractivity contribution in [1.29, 1.82) is 0 Å². The molecule has 120 valence electrons. The molecule has 2 aromatic carbocycles. The van der Waals surface area contributed by atoms with E-state index in [0.29, 0.717) is 21.4 Å². The summed E-state index contributed by atoms with van der Waals surface area (Å²) in [7, 11) is 0. The Morgan fingerprint density at radius 1 is 0.917 bits per heavy atom. The van der Waals surface area contributed by atoms with Gasteiger partial charge in [0.2, 0.25) is 5.95 Å². The standard InChI is InChI=1S/C17H12Cl2N4O/c18-13-7-6-12(10-14(13)19)22-17-20-9-8-15(23-17)16(24)21-11-4-2-1-3-5-11/h1-10H,(H,21,24)(H,20,22,23). The number of carbonyl (C=O) groups is 1. The molecule has 0 fully saturated rings. The Balaban J connectivity index is 1.76. The monoisotopic (exact) mass is 358 g/mol.